The second kappa shape index (κ2) is 7.58. The molecule has 118 valence electrons. The van der Waals surface area contributed by atoms with Crippen molar-refractivity contribution in [2.75, 3.05) is 23.3 Å². The molecule has 1 fully saturated rings. The maximum absolute atomic E-state index is 11.9. The summed E-state index contributed by atoms with van der Waals surface area (Å²) in [5, 5.41) is 2.79. The third-order valence-electron chi connectivity index (χ3n) is 3.95. The summed E-state index contributed by atoms with van der Waals surface area (Å²) in [4.78, 5) is 18.6. The maximum Gasteiger partial charge on any atom is 0.249 e. The van der Waals surface area contributed by atoms with E-state index in [-0.39, 0.29) is 5.91 Å². The Morgan fingerprint density at radius 1 is 1.04 bits per heavy atom. The van der Waals surface area contributed by atoms with Gasteiger partial charge in [0, 0.05) is 19.2 Å². The Morgan fingerprint density at radius 3 is 2.52 bits per heavy atom. The molecule has 23 heavy (non-hydrogen) atoms. The second-order valence-corrected chi connectivity index (χ2v) is 5.68. The Balaban J connectivity index is 1.57. The Hall–Kier alpha value is -2.62. The smallest absolute Gasteiger partial charge is 0.249 e. The molecule has 1 N–H and O–H groups in total. The lowest BCUT2D eigenvalue weighted by molar-refractivity contribution is -0.111. The number of carbonyl (C=O) groups is 1. The zero-order valence-corrected chi connectivity index (χ0v) is 13.1. The molecule has 1 amide bonds. The Morgan fingerprint density at radius 2 is 1.83 bits per heavy atom. The van der Waals surface area contributed by atoms with Gasteiger partial charge in [0.25, 0.3) is 0 Å². The highest BCUT2D eigenvalue weighted by Gasteiger charge is 2.11. The summed E-state index contributed by atoms with van der Waals surface area (Å²) in [7, 11) is 0. The zero-order valence-electron chi connectivity index (χ0n) is 13.1. The minimum Gasteiger partial charge on any atom is -0.370 e. The predicted octanol–water partition coefficient (Wildman–Crippen LogP) is 3.72. The van der Waals surface area contributed by atoms with Crippen molar-refractivity contribution in [3.8, 4) is 0 Å². The van der Waals surface area contributed by atoms with Gasteiger partial charge in [0.05, 0.1) is 11.9 Å². The van der Waals surface area contributed by atoms with Crippen LogP contribution >= 0.6 is 0 Å². The first-order valence-electron chi connectivity index (χ1n) is 8.06. The molecule has 1 aromatic heterocycles. The molecule has 4 heteroatoms. The van der Waals surface area contributed by atoms with Gasteiger partial charge in [-0.3, -0.25) is 4.79 Å². The molecule has 0 radical (unpaired) electrons. The number of pyridine rings is 1. The molecule has 0 spiro atoms. The van der Waals surface area contributed by atoms with E-state index >= 15 is 0 Å². The number of hydrogen-bond acceptors (Lipinski definition) is 3. The molecule has 1 saturated heterocycles. The van der Waals surface area contributed by atoms with E-state index in [4.69, 9.17) is 0 Å². The number of hydrogen-bond donors (Lipinski definition) is 1. The Bertz CT molecular complexity index is 659. The molecule has 1 aliphatic heterocycles. The summed E-state index contributed by atoms with van der Waals surface area (Å²) >= 11 is 0. The molecular formula is C19H21N3O. The number of aromatic nitrogens is 1. The van der Waals surface area contributed by atoms with E-state index < -0.39 is 0 Å². The van der Waals surface area contributed by atoms with Gasteiger partial charge in [0.2, 0.25) is 5.91 Å². The van der Waals surface area contributed by atoms with Gasteiger partial charge in [-0.2, -0.15) is 0 Å². The molecule has 0 unspecified atom stereocenters. The number of benzene rings is 1. The van der Waals surface area contributed by atoms with Crippen LogP contribution in [0, 0.1) is 0 Å². The highest BCUT2D eigenvalue weighted by atomic mass is 16.1. The van der Waals surface area contributed by atoms with E-state index in [1.54, 1.807) is 6.08 Å². The lowest BCUT2D eigenvalue weighted by Gasteiger charge is -2.28. The van der Waals surface area contributed by atoms with Gasteiger partial charge in [-0.25, -0.2) is 4.98 Å². The van der Waals surface area contributed by atoms with E-state index in [9.17, 15) is 4.79 Å². The van der Waals surface area contributed by atoms with Crippen LogP contribution in [0.2, 0.25) is 0 Å². The molecule has 0 atom stereocenters. The zero-order chi connectivity index (χ0) is 15.9. The third-order valence-corrected chi connectivity index (χ3v) is 3.95. The van der Waals surface area contributed by atoms with Gasteiger partial charge in [-0.1, -0.05) is 30.3 Å². The lowest BCUT2D eigenvalue weighted by Crippen LogP contribution is -2.29. The standard InChI is InChI=1S/C19H21N3O/c23-19(12-9-16-7-3-1-4-8-16)21-18-11-10-17(15-20-18)22-13-5-2-6-14-22/h1,3-4,7-12,15H,2,5-6,13-14H2,(H,20,21,23). The van der Waals surface area contributed by atoms with Crippen LogP contribution in [-0.2, 0) is 4.79 Å². The van der Waals surface area contributed by atoms with Crippen LogP contribution in [0.3, 0.4) is 0 Å². The fraction of sp³-hybridized carbons (Fsp3) is 0.263. The summed E-state index contributed by atoms with van der Waals surface area (Å²) in [5.74, 6) is 0.403. The minimum atomic E-state index is -0.174. The Kier molecular flexibility index (Phi) is 5.04. The molecule has 1 aromatic carbocycles. The topological polar surface area (TPSA) is 45.2 Å². The summed E-state index contributed by atoms with van der Waals surface area (Å²) in [6.45, 7) is 2.18. The van der Waals surface area contributed by atoms with E-state index in [1.165, 1.54) is 25.3 Å². The molecule has 0 saturated carbocycles. The van der Waals surface area contributed by atoms with Crippen LogP contribution in [0.15, 0.2) is 54.7 Å². The van der Waals surface area contributed by atoms with Crippen LogP contribution in [0.4, 0.5) is 11.5 Å². The highest BCUT2D eigenvalue weighted by Crippen LogP contribution is 2.19. The van der Waals surface area contributed by atoms with Crippen molar-refractivity contribution in [2.24, 2.45) is 0 Å². The van der Waals surface area contributed by atoms with Crippen molar-refractivity contribution in [1.82, 2.24) is 4.98 Å². The summed E-state index contributed by atoms with van der Waals surface area (Å²) in [5.41, 5.74) is 2.12. The number of nitrogens with one attached hydrogen (secondary N) is 1. The van der Waals surface area contributed by atoms with Gasteiger partial charge >= 0.3 is 0 Å². The highest BCUT2D eigenvalue weighted by molar-refractivity contribution is 6.01. The van der Waals surface area contributed by atoms with Crippen LogP contribution in [-0.4, -0.2) is 24.0 Å². The first kappa shape index (κ1) is 15.3. The van der Waals surface area contributed by atoms with Gasteiger partial charge in [0.15, 0.2) is 0 Å². The van der Waals surface area contributed by atoms with E-state index in [1.807, 2.05) is 48.7 Å². The van der Waals surface area contributed by atoms with E-state index in [0.29, 0.717) is 5.82 Å². The van der Waals surface area contributed by atoms with Gasteiger partial charge in [0.1, 0.15) is 5.82 Å². The molecule has 3 rings (SSSR count). The first-order chi connectivity index (χ1) is 11.3. The number of carbonyl (C=O) groups excluding carboxylic acids is 1. The van der Waals surface area contributed by atoms with Crippen molar-refractivity contribution in [1.29, 1.82) is 0 Å². The van der Waals surface area contributed by atoms with E-state index in [2.05, 4.69) is 15.2 Å². The fourth-order valence-corrected chi connectivity index (χ4v) is 2.70. The number of rotatable bonds is 4. The fourth-order valence-electron chi connectivity index (χ4n) is 2.70. The first-order valence-corrected chi connectivity index (χ1v) is 8.06. The molecule has 2 aromatic rings. The van der Waals surface area contributed by atoms with Crippen molar-refractivity contribution in [3.05, 3.63) is 60.3 Å². The van der Waals surface area contributed by atoms with Crippen molar-refractivity contribution in [2.45, 2.75) is 19.3 Å². The molecule has 2 heterocycles. The SMILES string of the molecule is O=C(C=Cc1ccccc1)Nc1ccc(N2CCCCC2)cn1. The number of piperidine rings is 1. The largest absolute Gasteiger partial charge is 0.370 e. The maximum atomic E-state index is 11.9. The third kappa shape index (κ3) is 4.42. The molecule has 4 nitrogen and oxygen atoms in total. The van der Waals surface area contributed by atoms with Crippen LogP contribution in [0.25, 0.3) is 6.08 Å². The average Bonchev–Trinajstić information content (AvgIpc) is 2.62. The summed E-state index contributed by atoms with van der Waals surface area (Å²) in [6.07, 6.45) is 8.94. The average molecular weight is 307 g/mol. The monoisotopic (exact) mass is 307 g/mol. The lowest BCUT2D eigenvalue weighted by atomic mass is 10.1. The van der Waals surface area contributed by atoms with Crippen molar-refractivity contribution < 1.29 is 4.79 Å². The number of amides is 1. The van der Waals surface area contributed by atoms with Crippen LogP contribution in [0.5, 0.6) is 0 Å². The summed E-state index contributed by atoms with van der Waals surface area (Å²) in [6, 6.07) is 13.6. The van der Waals surface area contributed by atoms with Gasteiger partial charge in [-0.15, -0.1) is 0 Å². The second-order valence-electron chi connectivity index (χ2n) is 5.68. The number of anilines is 2. The minimum absolute atomic E-state index is 0.174. The molecule has 1 aliphatic rings. The molecular weight excluding hydrogens is 286 g/mol. The van der Waals surface area contributed by atoms with Crippen molar-refractivity contribution >= 4 is 23.5 Å². The summed E-state index contributed by atoms with van der Waals surface area (Å²) < 4.78 is 0. The van der Waals surface area contributed by atoms with Gasteiger partial charge < -0.3 is 10.2 Å². The van der Waals surface area contributed by atoms with Crippen molar-refractivity contribution in [3.63, 3.8) is 0 Å². The normalized spacial score (nSPS) is 14.9. The van der Waals surface area contributed by atoms with Gasteiger partial charge in [-0.05, 0) is 43.0 Å². The quantitative estimate of drug-likeness (QED) is 0.876. The predicted molar refractivity (Wildman–Crippen MR) is 94.4 cm³/mol. The van der Waals surface area contributed by atoms with Crippen LogP contribution < -0.4 is 10.2 Å². The molecule has 0 aliphatic carbocycles. The number of nitrogens with zero attached hydrogens (tertiary/aromatic N) is 2. The molecule has 0 bridgehead atoms. The van der Waals surface area contributed by atoms with Crippen LogP contribution in [0.1, 0.15) is 24.8 Å². The Labute approximate surface area is 136 Å². The van der Waals surface area contributed by atoms with E-state index in [0.717, 1.165) is 24.3 Å².